The van der Waals surface area contributed by atoms with Crippen molar-refractivity contribution in [1.29, 1.82) is 0 Å². The van der Waals surface area contributed by atoms with Crippen LogP contribution in [0.3, 0.4) is 0 Å². The summed E-state index contributed by atoms with van der Waals surface area (Å²) in [5.74, 6) is 0.881. The molecule has 1 aromatic heterocycles. The third kappa shape index (κ3) is 4.38. The molecule has 0 atom stereocenters. The topological polar surface area (TPSA) is 69.6 Å². The number of anilines is 1. The van der Waals surface area contributed by atoms with Gasteiger partial charge in [-0.1, -0.05) is 12.8 Å². The van der Waals surface area contributed by atoms with E-state index in [-0.39, 0.29) is 17.2 Å². The molecule has 2 amide bonds. The van der Waals surface area contributed by atoms with E-state index >= 15 is 0 Å². The molecule has 7 heteroatoms. The molecule has 0 N–H and O–H groups in total. The Kier molecular flexibility index (Phi) is 5.86. The van der Waals surface area contributed by atoms with Gasteiger partial charge in [-0.25, -0.2) is 9.97 Å². The van der Waals surface area contributed by atoms with Gasteiger partial charge in [0.2, 0.25) is 17.8 Å². The molecule has 2 aliphatic heterocycles. The number of likely N-dealkylation sites (N-methyl/N-ethyl adjacent to an activating group) is 1. The van der Waals surface area contributed by atoms with Crippen LogP contribution < -0.4 is 4.90 Å². The number of likely N-dealkylation sites (tertiary alicyclic amines) is 1. The predicted molar refractivity (Wildman–Crippen MR) is 99.7 cm³/mol. The highest BCUT2D eigenvalue weighted by Crippen LogP contribution is 2.46. The molecule has 142 valence electrons. The van der Waals surface area contributed by atoms with Gasteiger partial charge in [0.1, 0.15) is 0 Å². The molecule has 26 heavy (non-hydrogen) atoms. The highest BCUT2D eigenvalue weighted by Gasteiger charge is 2.43. The van der Waals surface area contributed by atoms with Gasteiger partial charge in [-0.15, -0.1) is 0 Å². The second-order valence-electron chi connectivity index (χ2n) is 7.75. The maximum absolute atomic E-state index is 11.5. The van der Waals surface area contributed by atoms with Crippen LogP contribution in [0.5, 0.6) is 0 Å². The summed E-state index contributed by atoms with van der Waals surface area (Å²) in [4.78, 5) is 37.2. The van der Waals surface area contributed by atoms with E-state index < -0.39 is 0 Å². The smallest absolute Gasteiger partial charge is 0.229 e. The molecule has 3 aliphatic rings. The number of hydrogen-bond donors (Lipinski definition) is 0. The van der Waals surface area contributed by atoms with E-state index in [9.17, 15) is 9.59 Å². The van der Waals surface area contributed by atoms with Gasteiger partial charge in [0.05, 0.1) is 0 Å². The number of hydrogen-bond acceptors (Lipinski definition) is 6. The molecule has 3 heterocycles. The largest absolute Gasteiger partial charge is 0.338 e. The van der Waals surface area contributed by atoms with E-state index in [2.05, 4.69) is 26.8 Å². The molecular weight excluding hydrogens is 330 g/mol. The fraction of sp³-hybridized carbons (Fsp3) is 0.684. The lowest BCUT2D eigenvalue weighted by Crippen LogP contribution is -2.45. The van der Waals surface area contributed by atoms with E-state index in [0.717, 1.165) is 45.0 Å². The number of piperidine rings is 1. The number of amides is 2. The van der Waals surface area contributed by atoms with Crippen molar-refractivity contribution < 1.29 is 9.59 Å². The van der Waals surface area contributed by atoms with E-state index in [1.807, 2.05) is 6.07 Å². The summed E-state index contributed by atoms with van der Waals surface area (Å²) in [6.45, 7) is 4.25. The first-order chi connectivity index (χ1) is 12.5. The lowest BCUT2D eigenvalue weighted by molar-refractivity contribution is -0.151. The summed E-state index contributed by atoms with van der Waals surface area (Å²) >= 11 is 0. The van der Waals surface area contributed by atoms with Crippen LogP contribution in [0.15, 0.2) is 18.5 Å². The minimum absolute atomic E-state index is 0.0122. The average molecular weight is 359 g/mol. The molecule has 1 aliphatic carbocycles. The number of imide groups is 1. The molecular formula is C19H29N5O2. The number of aromatic nitrogens is 2. The zero-order valence-electron chi connectivity index (χ0n) is 15.9. The van der Waals surface area contributed by atoms with Gasteiger partial charge in [-0.05, 0) is 31.4 Å². The fourth-order valence-electron chi connectivity index (χ4n) is 4.02. The van der Waals surface area contributed by atoms with Gasteiger partial charge >= 0.3 is 0 Å². The van der Waals surface area contributed by atoms with Crippen molar-refractivity contribution in [3.63, 3.8) is 0 Å². The molecule has 0 radical (unpaired) electrons. The van der Waals surface area contributed by atoms with Crippen LogP contribution in [0.25, 0.3) is 0 Å². The monoisotopic (exact) mass is 359 g/mol. The quantitative estimate of drug-likeness (QED) is 0.709. The van der Waals surface area contributed by atoms with Crippen molar-refractivity contribution in [3.8, 4) is 0 Å². The Bertz CT molecular complexity index is 602. The number of rotatable bonds is 1. The van der Waals surface area contributed by atoms with E-state index in [1.165, 1.54) is 17.7 Å². The number of nitrogens with zero attached hydrogens (tertiary/aromatic N) is 5. The Labute approximate surface area is 155 Å². The molecule has 1 spiro atoms. The molecule has 0 bridgehead atoms. The zero-order valence-corrected chi connectivity index (χ0v) is 15.9. The maximum atomic E-state index is 11.5. The van der Waals surface area contributed by atoms with Gasteiger partial charge in [-0.3, -0.25) is 14.5 Å². The summed E-state index contributed by atoms with van der Waals surface area (Å²) in [5.41, 5.74) is 0.0562. The van der Waals surface area contributed by atoms with Crippen LogP contribution in [-0.4, -0.2) is 71.9 Å². The molecule has 7 nitrogen and oxygen atoms in total. The maximum Gasteiger partial charge on any atom is 0.229 e. The van der Waals surface area contributed by atoms with Crippen molar-refractivity contribution in [1.82, 2.24) is 19.8 Å². The number of carbonyl (C=O) groups is 2. The molecule has 3 fully saturated rings. The minimum atomic E-state index is 0.0122. The first kappa shape index (κ1) is 18.8. The summed E-state index contributed by atoms with van der Waals surface area (Å²) in [7, 11) is 3.73. The Hall–Kier alpha value is -2.02. The Morgan fingerprint density at radius 1 is 0.885 bits per heavy atom. The number of piperazine rings is 1. The Balaban J connectivity index is 0.000000151. The summed E-state index contributed by atoms with van der Waals surface area (Å²) < 4.78 is 0. The Morgan fingerprint density at radius 2 is 1.42 bits per heavy atom. The molecule has 4 rings (SSSR count). The highest BCUT2D eigenvalue weighted by atomic mass is 16.2. The van der Waals surface area contributed by atoms with Gasteiger partial charge < -0.3 is 9.80 Å². The van der Waals surface area contributed by atoms with Crippen molar-refractivity contribution >= 4 is 17.8 Å². The van der Waals surface area contributed by atoms with Gasteiger partial charge in [0.15, 0.2) is 0 Å². The molecule has 1 saturated carbocycles. The predicted octanol–water partition coefficient (Wildman–Crippen LogP) is 1.55. The van der Waals surface area contributed by atoms with Crippen molar-refractivity contribution in [2.24, 2.45) is 5.41 Å². The highest BCUT2D eigenvalue weighted by molar-refractivity contribution is 5.98. The first-order valence-corrected chi connectivity index (χ1v) is 9.49. The average Bonchev–Trinajstić information content (AvgIpc) is 3.09. The van der Waals surface area contributed by atoms with Crippen LogP contribution in [0.2, 0.25) is 0 Å². The molecule has 0 unspecified atom stereocenters. The second kappa shape index (κ2) is 8.12. The van der Waals surface area contributed by atoms with E-state index in [1.54, 1.807) is 19.4 Å². The Morgan fingerprint density at radius 3 is 1.96 bits per heavy atom. The third-order valence-electron chi connectivity index (χ3n) is 5.80. The SMILES string of the molecule is CN1C(=O)CC2(CCCC2)CC1=O.CN1CCN(c2ncccn2)CC1. The van der Waals surface area contributed by atoms with Crippen molar-refractivity contribution in [3.05, 3.63) is 18.5 Å². The van der Waals surface area contributed by atoms with Gasteiger partial charge in [0.25, 0.3) is 0 Å². The van der Waals surface area contributed by atoms with Crippen LogP contribution in [0, 0.1) is 5.41 Å². The minimum Gasteiger partial charge on any atom is -0.338 e. The van der Waals surface area contributed by atoms with Crippen molar-refractivity contribution in [2.75, 3.05) is 45.2 Å². The van der Waals surface area contributed by atoms with Crippen LogP contribution in [0.1, 0.15) is 38.5 Å². The molecule has 0 aromatic carbocycles. The standard InChI is InChI=1S/C10H15NO2.C9H14N4/c1-11-8(12)6-10(7-9(11)13)4-2-3-5-10;1-12-5-7-13(8-6-12)9-10-3-2-4-11-9/h2-7H2,1H3;2-4H,5-8H2,1H3. The lowest BCUT2D eigenvalue weighted by Gasteiger charge is -2.35. The van der Waals surface area contributed by atoms with E-state index in [4.69, 9.17) is 0 Å². The first-order valence-electron chi connectivity index (χ1n) is 9.49. The normalized spacial score (nSPS) is 23.2. The second-order valence-corrected chi connectivity index (χ2v) is 7.75. The van der Waals surface area contributed by atoms with Crippen LogP contribution in [0.4, 0.5) is 5.95 Å². The third-order valence-corrected chi connectivity index (χ3v) is 5.80. The van der Waals surface area contributed by atoms with E-state index in [0.29, 0.717) is 12.8 Å². The lowest BCUT2D eigenvalue weighted by atomic mass is 9.76. The van der Waals surface area contributed by atoms with Crippen LogP contribution >= 0.6 is 0 Å². The van der Waals surface area contributed by atoms with Crippen LogP contribution in [-0.2, 0) is 9.59 Å². The fourth-order valence-corrected chi connectivity index (χ4v) is 4.02. The van der Waals surface area contributed by atoms with Gasteiger partial charge in [-0.2, -0.15) is 0 Å². The summed E-state index contributed by atoms with van der Waals surface area (Å²) in [5, 5.41) is 0. The molecule has 1 aromatic rings. The zero-order chi connectivity index (χ0) is 18.6. The summed E-state index contributed by atoms with van der Waals surface area (Å²) in [6.07, 6.45) is 9.27. The molecule has 2 saturated heterocycles. The number of carbonyl (C=O) groups excluding carboxylic acids is 2. The van der Waals surface area contributed by atoms with Crippen molar-refractivity contribution in [2.45, 2.75) is 38.5 Å². The van der Waals surface area contributed by atoms with Gasteiger partial charge in [0, 0.05) is 58.5 Å². The summed E-state index contributed by atoms with van der Waals surface area (Å²) in [6, 6.07) is 1.85.